The molecule has 1 heterocycles. The molecule has 9 heteroatoms. The average molecular weight is 549 g/mol. The highest BCUT2D eigenvalue weighted by molar-refractivity contribution is 5.66. The minimum Gasteiger partial charge on any atom is -0.481 e. The number of hydrogen-bond acceptors (Lipinski definition) is 5. The van der Waals surface area contributed by atoms with Crippen LogP contribution in [0.2, 0.25) is 0 Å². The van der Waals surface area contributed by atoms with Gasteiger partial charge in [0.2, 0.25) is 0 Å². The fourth-order valence-electron chi connectivity index (χ4n) is 4.49. The number of aromatic nitrogens is 2. The van der Waals surface area contributed by atoms with Crippen molar-refractivity contribution in [3.8, 4) is 11.3 Å². The minimum absolute atomic E-state index is 0.0274. The standard InChI is InChI=1S/C31H31F3N4O2/c1-2-6-26(38-28-20-36-27(19-37-28)22-13-15-25(16-14-22)31(32,33)34)21-9-11-24(12-10-21)30(35-18-17-29(39)40)23-7-4-3-5-8-23/h3-5,7-16,19-20,26,30,35H,2,6,17-18H2,1H3,(H,37,38)(H,39,40). The van der Waals surface area contributed by atoms with Gasteiger partial charge in [-0.05, 0) is 35.2 Å². The van der Waals surface area contributed by atoms with Crippen LogP contribution in [0.3, 0.4) is 0 Å². The summed E-state index contributed by atoms with van der Waals surface area (Å²) in [6.45, 7) is 2.44. The number of halogens is 3. The Bertz CT molecular complexity index is 1360. The number of nitrogens with zero attached hydrogens (tertiary/aromatic N) is 2. The molecule has 0 amide bonds. The second-order valence-corrected chi connectivity index (χ2v) is 9.46. The van der Waals surface area contributed by atoms with Crippen LogP contribution in [-0.4, -0.2) is 27.6 Å². The number of aliphatic carboxylic acids is 1. The maximum absolute atomic E-state index is 12.9. The van der Waals surface area contributed by atoms with Crippen LogP contribution in [0.1, 0.15) is 60.5 Å². The van der Waals surface area contributed by atoms with Crippen molar-refractivity contribution >= 4 is 11.8 Å². The van der Waals surface area contributed by atoms with Crippen LogP contribution in [0.25, 0.3) is 11.3 Å². The van der Waals surface area contributed by atoms with Crippen molar-refractivity contribution in [1.29, 1.82) is 0 Å². The van der Waals surface area contributed by atoms with E-state index in [-0.39, 0.29) is 18.5 Å². The fraction of sp³-hybridized carbons (Fsp3) is 0.258. The zero-order valence-corrected chi connectivity index (χ0v) is 22.0. The van der Waals surface area contributed by atoms with E-state index in [1.165, 1.54) is 12.1 Å². The van der Waals surface area contributed by atoms with Gasteiger partial charge in [-0.3, -0.25) is 9.78 Å². The van der Waals surface area contributed by atoms with Crippen molar-refractivity contribution in [2.45, 2.75) is 44.4 Å². The first kappa shape index (κ1) is 28.8. The highest BCUT2D eigenvalue weighted by atomic mass is 19.4. The zero-order chi connectivity index (χ0) is 28.5. The molecule has 0 saturated carbocycles. The van der Waals surface area contributed by atoms with Crippen molar-refractivity contribution in [2.24, 2.45) is 0 Å². The predicted octanol–water partition coefficient (Wildman–Crippen LogP) is 7.27. The molecular formula is C31H31F3N4O2. The van der Waals surface area contributed by atoms with Crippen molar-refractivity contribution in [1.82, 2.24) is 15.3 Å². The first-order valence-electron chi connectivity index (χ1n) is 13.1. The normalized spacial score (nSPS) is 13.0. The Morgan fingerprint density at radius 3 is 2.10 bits per heavy atom. The Kier molecular flexibility index (Phi) is 9.50. The summed E-state index contributed by atoms with van der Waals surface area (Å²) in [4.78, 5) is 19.9. The summed E-state index contributed by atoms with van der Waals surface area (Å²) in [5, 5.41) is 15.8. The Morgan fingerprint density at radius 1 is 0.875 bits per heavy atom. The van der Waals surface area contributed by atoms with Crippen molar-refractivity contribution in [2.75, 3.05) is 11.9 Å². The summed E-state index contributed by atoms with van der Waals surface area (Å²) in [6.07, 6.45) is 0.555. The van der Waals surface area contributed by atoms with E-state index < -0.39 is 17.7 Å². The van der Waals surface area contributed by atoms with Crippen LogP contribution in [-0.2, 0) is 11.0 Å². The Balaban J connectivity index is 1.48. The van der Waals surface area contributed by atoms with Crippen LogP contribution in [0.5, 0.6) is 0 Å². The summed E-state index contributed by atoms with van der Waals surface area (Å²) in [5.41, 5.74) is 3.47. The molecule has 0 saturated heterocycles. The van der Waals surface area contributed by atoms with E-state index in [1.54, 1.807) is 12.4 Å². The molecule has 0 aliphatic carbocycles. The summed E-state index contributed by atoms with van der Waals surface area (Å²) in [7, 11) is 0. The quantitative estimate of drug-likeness (QED) is 0.173. The van der Waals surface area contributed by atoms with Gasteiger partial charge in [0.15, 0.2) is 0 Å². The molecule has 0 spiro atoms. The van der Waals surface area contributed by atoms with Crippen LogP contribution < -0.4 is 10.6 Å². The summed E-state index contributed by atoms with van der Waals surface area (Å²) < 4.78 is 38.6. The average Bonchev–Trinajstić information content (AvgIpc) is 2.96. The highest BCUT2D eigenvalue weighted by Gasteiger charge is 2.30. The van der Waals surface area contributed by atoms with E-state index in [2.05, 4.69) is 39.7 Å². The van der Waals surface area contributed by atoms with Gasteiger partial charge >= 0.3 is 12.1 Å². The molecule has 0 fully saturated rings. The van der Waals surface area contributed by atoms with Crippen molar-refractivity contribution < 1.29 is 23.1 Å². The molecule has 2 unspecified atom stereocenters. The molecule has 3 aromatic carbocycles. The molecule has 0 aliphatic heterocycles. The van der Waals surface area contributed by atoms with Crippen LogP contribution in [0.4, 0.5) is 19.0 Å². The van der Waals surface area contributed by atoms with E-state index in [0.717, 1.165) is 41.7 Å². The molecule has 4 rings (SSSR count). The first-order valence-corrected chi connectivity index (χ1v) is 13.1. The minimum atomic E-state index is -4.39. The molecule has 1 aromatic heterocycles. The Hall–Kier alpha value is -4.24. The van der Waals surface area contributed by atoms with E-state index in [0.29, 0.717) is 23.6 Å². The SMILES string of the molecule is CCCC(Nc1cnc(-c2ccc(C(F)(F)F)cc2)cn1)c1ccc(C(NCCC(=O)O)c2ccccc2)cc1. The smallest absolute Gasteiger partial charge is 0.416 e. The number of rotatable bonds is 12. The van der Waals surface area contributed by atoms with Gasteiger partial charge in [-0.1, -0.05) is 80.1 Å². The molecule has 3 N–H and O–H groups in total. The maximum atomic E-state index is 12.9. The van der Waals surface area contributed by atoms with E-state index in [4.69, 9.17) is 5.11 Å². The van der Waals surface area contributed by atoms with Gasteiger partial charge in [0, 0.05) is 12.1 Å². The lowest BCUT2D eigenvalue weighted by molar-refractivity contribution is -0.138. The van der Waals surface area contributed by atoms with E-state index in [9.17, 15) is 18.0 Å². The predicted molar refractivity (Wildman–Crippen MR) is 149 cm³/mol. The van der Waals surface area contributed by atoms with Crippen molar-refractivity contribution in [3.05, 3.63) is 114 Å². The number of carbonyl (C=O) groups is 1. The van der Waals surface area contributed by atoms with Crippen LogP contribution >= 0.6 is 0 Å². The molecule has 4 aromatic rings. The topological polar surface area (TPSA) is 87.1 Å². The Morgan fingerprint density at radius 2 is 1.52 bits per heavy atom. The summed E-state index contributed by atoms with van der Waals surface area (Å²) in [6, 6.07) is 22.8. The molecule has 208 valence electrons. The molecule has 6 nitrogen and oxygen atoms in total. The number of nitrogens with one attached hydrogen (secondary N) is 2. The maximum Gasteiger partial charge on any atom is 0.416 e. The van der Waals surface area contributed by atoms with Gasteiger partial charge in [-0.15, -0.1) is 0 Å². The molecular weight excluding hydrogens is 517 g/mol. The zero-order valence-electron chi connectivity index (χ0n) is 22.0. The second-order valence-electron chi connectivity index (χ2n) is 9.46. The summed E-state index contributed by atoms with van der Waals surface area (Å²) in [5.74, 6) is -0.283. The lowest BCUT2D eigenvalue weighted by Crippen LogP contribution is -2.25. The van der Waals surface area contributed by atoms with Crippen LogP contribution in [0, 0.1) is 0 Å². The molecule has 40 heavy (non-hydrogen) atoms. The molecule has 2 atom stereocenters. The largest absolute Gasteiger partial charge is 0.481 e. The third-order valence-corrected chi connectivity index (χ3v) is 6.55. The highest BCUT2D eigenvalue weighted by Crippen LogP contribution is 2.31. The second kappa shape index (κ2) is 13.2. The lowest BCUT2D eigenvalue weighted by atomic mass is 9.95. The summed E-state index contributed by atoms with van der Waals surface area (Å²) >= 11 is 0. The fourth-order valence-corrected chi connectivity index (χ4v) is 4.49. The third kappa shape index (κ3) is 7.66. The van der Waals surface area contributed by atoms with Gasteiger partial charge in [0.05, 0.1) is 42.2 Å². The third-order valence-electron chi connectivity index (χ3n) is 6.55. The number of benzene rings is 3. The van der Waals surface area contributed by atoms with Gasteiger partial charge in [0.1, 0.15) is 5.82 Å². The van der Waals surface area contributed by atoms with E-state index in [1.807, 2.05) is 42.5 Å². The monoisotopic (exact) mass is 548 g/mol. The van der Waals surface area contributed by atoms with E-state index >= 15 is 0 Å². The molecule has 0 bridgehead atoms. The number of alkyl halides is 3. The lowest BCUT2D eigenvalue weighted by Gasteiger charge is -2.22. The van der Waals surface area contributed by atoms with Gasteiger partial charge in [-0.25, -0.2) is 4.98 Å². The number of hydrogen-bond donors (Lipinski definition) is 3. The number of carboxylic acids is 1. The first-order chi connectivity index (χ1) is 19.2. The Labute approximate surface area is 231 Å². The molecule has 0 radical (unpaired) electrons. The van der Waals surface area contributed by atoms with Gasteiger partial charge in [0.25, 0.3) is 0 Å². The number of anilines is 1. The van der Waals surface area contributed by atoms with Crippen molar-refractivity contribution in [3.63, 3.8) is 0 Å². The van der Waals surface area contributed by atoms with Gasteiger partial charge < -0.3 is 15.7 Å². The number of carboxylic acid groups (broad SMARTS) is 1. The van der Waals surface area contributed by atoms with Gasteiger partial charge in [-0.2, -0.15) is 13.2 Å². The van der Waals surface area contributed by atoms with Crippen LogP contribution in [0.15, 0.2) is 91.3 Å². The molecule has 0 aliphatic rings.